The maximum Gasteiger partial charge on any atom is 0.248 e. The van der Waals surface area contributed by atoms with Crippen LogP contribution in [-0.4, -0.2) is 33.3 Å². The molecular weight excluding hydrogens is 332 g/mol. The average molecular weight is 350 g/mol. The van der Waals surface area contributed by atoms with Crippen molar-refractivity contribution in [2.24, 2.45) is 5.73 Å². The fraction of sp³-hybridized carbons (Fsp3) is 0.158. The van der Waals surface area contributed by atoms with E-state index in [0.717, 1.165) is 5.56 Å². The fourth-order valence-corrected chi connectivity index (χ4v) is 2.48. The van der Waals surface area contributed by atoms with Gasteiger partial charge in [0.05, 0.1) is 18.3 Å². The zero-order valence-corrected chi connectivity index (χ0v) is 14.3. The van der Waals surface area contributed by atoms with Gasteiger partial charge in [0, 0.05) is 11.1 Å². The molecular formula is C19H18N4O3. The van der Waals surface area contributed by atoms with E-state index in [1.807, 2.05) is 6.07 Å². The van der Waals surface area contributed by atoms with Crippen molar-refractivity contribution in [1.82, 2.24) is 15.0 Å². The summed E-state index contributed by atoms with van der Waals surface area (Å²) in [5, 5.41) is 8.19. The van der Waals surface area contributed by atoms with Crippen molar-refractivity contribution < 1.29 is 14.3 Å². The number of ether oxygens (including phenoxy) is 1. The summed E-state index contributed by atoms with van der Waals surface area (Å²) in [6.07, 6.45) is 1.79. The number of ketones is 1. The third-order valence-corrected chi connectivity index (χ3v) is 3.85. The maximum atomic E-state index is 11.6. The molecule has 3 rings (SSSR count). The predicted molar refractivity (Wildman–Crippen MR) is 95.9 cm³/mol. The van der Waals surface area contributed by atoms with Crippen molar-refractivity contribution in [2.45, 2.75) is 13.5 Å². The Morgan fingerprint density at radius 3 is 2.54 bits per heavy atom. The number of benzene rings is 2. The summed E-state index contributed by atoms with van der Waals surface area (Å²) in [6, 6.07) is 14.0. The lowest BCUT2D eigenvalue weighted by atomic mass is 10.1. The number of nitrogens with zero attached hydrogens (tertiary/aromatic N) is 3. The number of carbonyl (C=O) groups excluding carboxylic acids is 2. The molecule has 1 aromatic heterocycles. The molecule has 26 heavy (non-hydrogen) atoms. The van der Waals surface area contributed by atoms with Crippen molar-refractivity contribution in [2.75, 3.05) is 6.61 Å². The molecule has 2 N–H and O–H groups in total. The Balaban J connectivity index is 1.62. The van der Waals surface area contributed by atoms with Crippen LogP contribution < -0.4 is 10.5 Å². The van der Waals surface area contributed by atoms with Crippen LogP contribution in [-0.2, 0) is 6.54 Å². The molecule has 1 amide bonds. The van der Waals surface area contributed by atoms with E-state index in [-0.39, 0.29) is 5.78 Å². The first kappa shape index (κ1) is 17.3. The van der Waals surface area contributed by atoms with E-state index in [0.29, 0.717) is 35.7 Å². The van der Waals surface area contributed by atoms with Crippen LogP contribution in [0.2, 0.25) is 0 Å². The van der Waals surface area contributed by atoms with Gasteiger partial charge < -0.3 is 10.5 Å². The maximum absolute atomic E-state index is 11.6. The van der Waals surface area contributed by atoms with Crippen molar-refractivity contribution in [3.63, 3.8) is 0 Å². The largest absolute Gasteiger partial charge is 0.491 e. The lowest BCUT2D eigenvalue weighted by Crippen LogP contribution is -2.10. The molecule has 0 radical (unpaired) electrons. The highest BCUT2D eigenvalue weighted by molar-refractivity contribution is 5.96. The van der Waals surface area contributed by atoms with E-state index in [1.165, 1.54) is 6.92 Å². The first-order chi connectivity index (χ1) is 12.5. The smallest absolute Gasteiger partial charge is 0.248 e. The zero-order chi connectivity index (χ0) is 18.5. The summed E-state index contributed by atoms with van der Waals surface area (Å²) in [4.78, 5) is 22.7. The van der Waals surface area contributed by atoms with Crippen LogP contribution in [0.1, 0.15) is 27.6 Å². The number of nitrogens with two attached hydrogens (primary N) is 1. The Morgan fingerprint density at radius 2 is 1.85 bits per heavy atom. The standard InChI is InChI=1S/C19H18N4O3/c1-13(24)16-4-2-3-5-18(16)26-11-10-23-12-17(21-22-23)14-6-8-15(9-7-14)19(20)25/h2-9,12H,10-11H2,1H3,(H2,20,25). The number of Topliss-reactive ketones (excluding diaryl/α,β-unsaturated/α-hetero) is 1. The number of carbonyl (C=O) groups is 2. The summed E-state index contributed by atoms with van der Waals surface area (Å²) in [5.41, 5.74) is 7.76. The molecule has 0 unspecified atom stereocenters. The first-order valence-corrected chi connectivity index (χ1v) is 8.08. The van der Waals surface area contributed by atoms with Crippen LogP contribution in [0.5, 0.6) is 5.75 Å². The Bertz CT molecular complexity index is 932. The van der Waals surface area contributed by atoms with Crippen molar-refractivity contribution >= 4 is 11.7 Å². The quantitative estimate of drug-likeness (QED) is 0.659. The Kier molecular flexibility index (Phi) is 5.07. The number of hydrogen-bond donors (Lipinski definition) is 1. The van der Waals surface area contributed by atoms with Crippen LogP contribution in [0.15, 0.2) is 54.7 Å². The molecule has 0 spiro atoms. The number of primary amides is 1. The highest BCUT2D eigenvalue weighted by Crippen LogP contribution is 2.19. The van der Waals surface area contributed by atoms with Crippen LogP contribution in [0.3, 0.4) is 0 Å². The van der Waals surface area contributed by atoms with E-state index in [9.17, 15) is 9.59 Å². The van der Waals surface area contributed by atoms with Crippen LogP contribution in [0.4, 0.5) is 0 Å². The van der Waals surface area contributed by atoms with Gasteiger partial charge in [0.1, 0.15) is 18.1 Å². The normalized spacial score (nSPS) is 10.5. The van der Waals surface area contributed by atoms with E-state index >= 15 is 0 Å². The summed E-state index contributed by atoms with van der Waals surface area (Å²) >= 11 is 0. The molecule has 0 aliphatic rings. The number of rotatable bonds is 7. The molecule has 0 bridgehead atoms. The van der Waals surface area contributed by atoms with Gasteiger partial charge in [-0.2, -0.15) is 0 Å². The molecule has 2 aromatic carbocycles. The van der Waals surface area contributed by atoms with Gasteiger partial charge in [-0.15, -0.1) is 5.10 Å². The van der Waals surface area contributed by atoms with Gasteiger partial charge in [-0.3, -0.25) is 9.59 Å². The Labute approximate surface area is 150 Å². The predicted octanol–water partition coefficient (Wildman–Crippen LogP) is 2.33. The average Bonchev–Trinajstić information content (AvgIpc) is 3.11. The van der Waals surface area contributed by atoms with Crippen LogP contribution in [0, 0.1) is 0 Å². The van der Waals surface area contributed by atoms with E-state index in [1.54, 1.807) is 53.3 Å². The van der Waals surface area contributed by atoms with Gasteiger partial charge in [0.2, 0.25) is 5.91 Å². The summed E-state index contributed by atoms with van der Waals surface area (Å²) in [5.74, 6) is 0.0497. The second-order valence-electron chi connectivity index (χ2n) is 5.71. The molecule has 0 aliphatic carbocycles. The molecule has 132 valence electrons. The van der Waals surface area contributed by atoms with Crippen molar-refractivity contribution in [1.29, 1.82) is 0 Å². The molecule has 0 aliphatic heterocycles. The fourth-order valence-electron chi connectivity index (χ4n) is 2.48. The van der Waals surface area contributed by atoms with E-state index < -0.39 is 5.91 Å². The summed E-state index contributed by atoms with van der Waals surface area (Å²) in [7, 11) is 0. The number of aromatic nitrogens is 3. The van der Waals surface area contributed by atoms with Crippen LogP contribution in [0.25, 0.3) is 11.3 Å². The number of hydrogen-bond acceptors (Lipinski definition) is 5. The van der Waals surface area contributed by atoms with Gasteiger partial charge in [-0.25, -0.2) is 4.68 Å². The number of amides is 1. The highest BCUT2D eigenvalue weighted by atomic mass is 16.5. The van der Waals surface area contributed by atoms with Gasteiger partial charge in [0.25, 0.3) is 0 Å². The van der Waals surface area contributed by atoms with Crippen LogP contribution >= 0.6 is 0 Å². The molecule has 0 saturated heterocycles. The van der Waals surface area contributed by atoms with Crippen molar-refractivity contribution in [3.05, 3.63) is 65.9 Å². The molecule has 0 fully saturated rings. The SMILES string of the molecule is CC(=O)c1ccccc1OCCn1cc(-c2ccc(C(N)=O)cc2)nn1. The summed E-state index contributed by atoms with van der Waals surface area (Å²) in [6.45, 7) is 2.35. The minimum atomic E-state index is -0.469. The lowest BCUT2D eigenvalue weighted by molar-refractivity contribution is 0.0995. The van der Waals surface area contributed by atoms with Gasteiger partial charge in [0.15, 0.2) is 5.78 Å². The summed E-state index contributed by atoms with van der Waals surface area (Å²) < 4.78 is 7.36. The molecule has 7 nitrogen and oxygen atoms in total. The highest BCUT2D eigenvalue weighted by Gasteiger charge is 2.08. The van der Waals surface area contributed by atoms with E-state index in [2.05, 4.69) is 10.3 Å². The third-order valence-electron chi connectivity index (χ3n) is 3.85. The van der Waals surface area contributed by atoms with E-state index in [4.69, 9.17) is 10.5 Å². The minimum Gasteiger partial charge on any atom is -0.491 e. The first-order valence-electron chi connectivity index (χ1n) is 8.08. The Hall–Kier alpha value is -3.48. The second-order valence-corrected chi connectivity index (χ2v) is 5.71. The minimum absolute atomic E-state index is 0.0388. The van der Waals surface area contributed by atoms with Gasteiger partial charge in [-0.1, -0.05) is 29.5 Å². The molecule has 7 heteroatoms. The monoisotopic (exact) mass is 350 g/mol. The Morgan fingerprint density at radius 1 is 1.12 bits per heavy atom. The molecule has 1 heterocycles. The molecule has 3 aromatic rings. The van der Waals surface area contributed by atoms with Gasteiger partial charge in [-0.05, 0) is 31.2 Å². The second kappa shape index (κ2) is 7.60. The zero-order valence-electron chi connectivity index (χ0n) is 14.3. The van der Waals surface area contributed by atoms with Crippen molar-refractivity contribution in [3.8, 4) is 17.0 Å². The van der Waals surface area contributed by atoms with Gasteiger partial charge >= 0.3 is 0 Å². The number of para-hydroxylation sites is 1. The molecule has 0 saturated carbocycles. The molecule has 0 atom stereocenters. The third kappa shape index (κ3) is 3.94. The lowest BCUT2D eigenvalue weighted by Gasteiger charge is -2.09. The topological polar surface area (TPSA) is 100 Å².